The van der Waals surface area contributed by atoms with Crippen molar-refractivity contribution in [3.05, 3.63) is 143 Å². The van der Waals surface area contributed by atoms with Gasteiger partial charge in [-0.05, 0) is 64.2 Å². The van der Waals surface area contributed by atoms with Gasteiger partial charge in [0.25, 0.3) is 0 Å². The molecule has 5 aromatic carbocycles. The zero-order valence-corrected chi connectivity index (χ0v) is 27.6. The van der Waals surface area contributed by atoms with E-state index in [9.17, 15) is 9.90 Å². The number of fused-ring (bicyclic) bond motifs is 1. The summed E-state index contributed by atoms with van der Waals surface area (Å²) in [5, 5.41) is 15.0. The summed E-state index contributed by atoms with van der Waals surface area (Å²) < 4.78 is 13.5. The lowest BCUT2D eigenvalue weighted by atomic mass is 9.89. The second-order valence-electron chi connectivity index (χ2n) is 12.7. The van der Waals surface area contributed by atoms with E-state index in [1.165, 1.54) is 23.3 Å². The molecule has 5 aromatic rings. The smallest absolute Gasteiger partial charge is 0.217 e. The number of rotatable bonds is 10. The Kier molecular flexibility index (Phi) is 10.1. The van der Waals surface area contributed by atoms with Crippen molar-refractivity contribution in [2.24, 2.45) is 5.92 Å². The number of carbonyl (C=O) groups excluding carboxylic acids is 1. The monoisotopic (exact) mass is 628 g/mol. The molecule has 1 saturated heterocycles. The standard InChI is InChI=1S/C41H44N2O4/c1-27-39(25-43(4)28(2)35-22-17-31-9-5-6-10-36(31)23-35)46-41(47-40(27)33-15-13-30(26-44)14-16-33)34-20-18-32(19-21-34)38-12-8-7-11-37(38)24-42-29(3)45/h5-23,27-28,39-41,44H,24-26H2,1-4H3,(H,42,45)/t27-,28+,39+,40+,41+/m0/s1. The van der Waals surface area contributed by atoms with E-state index in [2.05, 4.69) is 116 Å². The van der Waals surface area contributed by atoms with Crippen LogP contribution in [0.25, 0.3) is 21.9 Å². The van der Waals surface area contributed by atoms with Gasteiger partial charge in [-0.2, -0.15) is 0 Å². The van der Waals surface area contributed by atoms with Crippen LogP contribution in [0.3, 0.4) is 0 Å². The second-order valence-corrected chi connectivity index (χ2v) is 12.7. The molecule has 0 unspecified atom stereocenters. The molecule has 1 fully saturated rings. The average Bonchev–Trinajstić information content (AvgIpc) is 3.11. The summed E-state index contributed by atoms with van der Waals surface area (Å²) >= 11 is 0. The molecule has 1 heterocycles. The van der Waals surface area contributed by atoms with Crippen LogP contribution in [0.5, 0.6) is 0 Å². The summed E-state index contributed by atoms with van der Waals surface area (Å²) in [6, 6.07) is 39.9. The lowest BCUT2D eigenvalue weighted by molar-refractivity contribution is -0.276. The third-order valence-corrected chi connectivity index (χ3v) is 9.55. The third kappa shape index (κ3) is 7.47. The van der Waals surface area contributed by atoms with Crippen LogP contribution in [0.15, 0.2) is 115 Å². The van der Waals surface area contributed by atoms with Crippen molar-refractivity contribution in [1.29, 1.82) is 0 Å². The Hall–Kier alpha value is -4.33. The molecular weight excluding hydrogens is 584 g/mol. The molecule has 47 heavy (non-hydrogen) atoms. The maximum absolute atomic E-state index is 11.6. The highest BCUT2D eigenvalue weighted by Crippen LogP contribution is 2.42. The van der Waals surface area contributed by atoms with Crippen LogP contribution in [-0.4, -0.2) is 35.6 Å². The van der Waals surface area contributed by atoms with E-state index in [1.54, 1.807) is 0 Å². The van der Waals surface area contributed by atoms with Crippen molar-refractivity contribution < 1.29 is 19.4 Å². The third-order valence-electron chi connectivity index (χ3n) is 9.55. The zero-order chi connectivity index (χ0) is 32.9. The highest BCUT2D eigenvalue weighted by molar-refractivity contribution is 5.83. The van der Waals surface area contributed by atoms with Gasteiger partial charge in [-0.15, -0.1) is 0 Å². The molecule has 0 spiro atoms. The fraction of sp³-hybridized carbons (Fsp3) is 0.293. The Balaban J connectivity index is 1.25. The minimum Gasteiger partial charge on any atom is -0.392 e. The molecule has 1 aliphatic rings. The van der Waals surface area contributed by atoms with Crippen LogP contribution in [0.4, 0.5) is 0 Å². The van der Waals surface area contributed by atoms with E-state index < -0.39 is 6.29 Å². The molecular formula is C41H44N2O4. The number of carbonyl (C=O) groups is 1. The number of hydrogen-bond acceptors (Lipinski definition) is 5. The van der Waals surface area contributed by atoms with E-state index in [1.807, 2.05) is 30.3 Å². The maximum Gasteiger partial charge on any atom is 0.217 e. The van der Waals surface area contributed by atoms with E-state index in [-0.39, 0.29) is 36.7 Å². The highest BCUT2D eigenvalue weighted by Gasteiger charge is 2.39. The number of aliphatic hydroxyl groups is 1. The molecule has 0 radical (unpaired) electrons. The van der Waals surface area contributed by atoms with Crippen LogP contribution < -0.4 is 5.32 Å². The van der Waals surface area contributed by atoms with Crippen LogP contribution in [-0.2, 0) is 27.4 Å². The summed E-state index contributed by atoms with van der Waals surface area (Å²) in [5.74, 6) is 0.0285. The molecule has 1 amide bonds. The molecule has 6 rings (SSSR count). The number of likely N-dealkylation sites (N-methyl/N-ethyl adjacent to an activating group) is 1. The Morgan fingerprint density at radius 2 is 1.53 bits per heavy atom. The van der Waals surface area contributed by atoms with Crippen molar-refractivity contribution in [1.82, 2.24) is 10.2 Å². The predicted octanol–water partition coefficient (Wildman–Crippen LogP) is 8.12. The lowest BCUT2D eigenvalue weighted by Gasteiger charge is -2.43. The first-order chi connectivity index (χ1) is 22.8. The summed E-state index contributed by atoms with van der Waals surface area (Å²) in [6.45, 7) is 7.20. The van der Waals surface area contributed by atoms with Crippen molar-refractivity contribution in [3.8, 4) is 11.1 Å². The molecule has 6 nitrogen and oxygen atoms in total. The van der Waals surface area contributed by atoms with Gasteiger partial charge in [-0.3, -0.25) is 9.69 Å². The van der Waals surface area contributed by atoms with Gasteiger partial charge in [-0.25, -0.2) is 0 Å². The van der Waals surface area contributed by atoms with Crippen LogP contribution in [0.1, 0.15) is 67.0 Å². The fourth-order valence-electron chi connectivity index (χ4n) is 6.49. The minimum atomic E-state index is -0.549. The number of nitrogens with zero attached hydrogens (tertiary/aromatic N) is 1. The maximum atomic E-state index is 11.6. The molecule has 0 aromatic heterocycles. The van der Waals surface area contributed by atoms with Crippen molar-refractivity contribution >= 4 is 16.7 Å². The quantitative estimate of drug-likeness (QED) is 0.164. The number of hydrogen-bond donors (Lipinski definition) is 2. The Morgan fingerprint density at radius 1 is 0.851 bits per heavy atom. The largest absolute Gasteiger partial charge is 0.392 e. The number of ether oxygens (including phenoxy) is 2. The van der Waals surface area contributed by atoms with Gasteiger partial charge in [0, 0.05) is 37.5 Å². The molecule has 0 saturated carbocycles. The molecule has 0 bridgehead atoms. The topological polar surface area (TPSA) is 71.0 Å². The van der Waals surface area contributed by atoms with Crippen molar-refractivity contribution in [3.63, 3.8) is 0 Å². The van der Waals surface area contributed by atoms with Crippen molar-refractivity contribution in [2.75, 3.05) is 13.6 Å². The van der Waals surface area contributed by atoms with E-state index >= 15 is 0 Å². The highest BCUT2D eigenvalue weighted by atomic mass is 16.7. The van der Waals surface area contributed by atoms with E-state index in [4.69, 9.17) is 9.47 Å². The summed E-state index contributed by atoms with van der Waals surface area (Å²) in [6.07, 6.45) is -0.831. The van der Waals surface area contributed by atoms with Gasteiger partial charge in [0.15, 0.2) is 6.29 Å². The van der Waals surface area contributed by atoms with Gasteiger partial charge in [0.1, 0.15) is 0 Å². The van der Waals surface area contributed by atoms with Gasteiger partial charge in [0.2, 0.25) is 5.91 Å². The average molecular weight is 629 g/mol. The van der Waals surface area contributed by atoms with Gasteiger partial charge < -0.3 is 19.9 Å². The first kappa shape index (κ1) is 32.6. The molecule has 5 atom stereocenters. The minimum absolute atomic E-state index is 0.00741. The predicted molar refractivity (Wildman–Crippen MR) is 187 cm³/mol. The molecule has 1 aliphatic heterocycles. The van der Waals surface area contributed by atoms with Crippen LogP contribution in [0.2, 0.25) is 0 Å². The SMILES string of the molecule is CC(=O)NCc1ccccc1-c1ccc([C@@H]2O[C@H](CN(C)[C@H](C)c3ccc4ccccc4c3)[C@H](C)[C@H](c3ccc(CO)cc3)O2)cc1. The fourth-order valence-corrected chi connectivity index (χ4v) is 6.49. The lowest BCUT2D eigenvalue weighted by Crippen LogP contribution is -2.44. The number of aliphatic hydroxyl groups excluding tert-OH is 1. The summed E-state index contributed by atoms with van der Waals surface area (Å²) in [7, 11) is 2.17. The summed E-state index contributed by atoms with van der Waals surface area (Å²) in [5.41, 5.74) is 7.37. The van der Waals surface area contributed by atoms with Crippen molar-refractivity contribution in [2.45, 2.75) is 58.5 Å². The normalized spacial score (nSPS) is 20.3. The van der Waals surface area contributed by atoms with E-state index in [0.29, 0.717) is 6.54 Å². The molecule has 6 heteroatoms. The molecule has 242 valence electrons. The summed E-state index contributed by atoms with van der Waals surface area (Å²) in [4.78, 5) is 13.9. The first-order valence-corrected chi connectivity index (χ1v) is 16.4. The van der Waals surface area contributed by atoms with Gasteiger partial charge in [0.05, 0.1) is 18.8 Å². The first-order valence-electron chi connectivity index (χ1n) is 16.4. The van der Waals surface area contributed by atoms with Crippen LogP contribution in [0, 0.1) is 5.92 Å². The zero-order valence-electron chi connectivity index (χ0n) is 27.6. The van der Waals surface area contributed by atoms with Crippen LogP contribution >= 0.6 is 0 Å². The van der Waals surface area contributed by atoms with Gasteiger partial charge in [-0.1, -0.05) is 116 Å². The van der Waals surface area contributed by atoms with Gasteiger partial charge >= 0.3 is 0 Å². The Bertz CT molecular complexity index is 1800. The molecule has 0 aliphatic carbocycles. The number of benzene rings is 5. The Labute approximate surface area is 278 Å². The number of nitrogens with one attached hydrogen (secondary N) is 1. The van der Waals surface area contributed by atoms with E-state index in [0.717, 1.165) is 39.9 Å². The second kappa shape index (κ2) is 14.6. The molecule has 2 N–H and O–H groups in total. The Morgan fingerprint density at radius 3 is 2.26 bits per heavy atom. The number of amides is 1.